The molecule has 5 heteroatoms. The highest BCUT2D eigenvalue weighted by molar-refractivity contribution is 7.99. The monoisotopic (exact) mass is 290 g/mol. The lowest BCUT2D eigenvalue weighted by molar-refractivity contribution is 0.0588. The molecule has 1 aliphatic carbocycles. The molecular weight excluding hydrogens is 272 g/mol. The van der Waals surface area contributed by atoms with Crippen LogP contribution in [0.3, 0.4) is 0 Å². The molecule has 20 heavy (non-hydrogen) atoms. The van der Waals surface area contributed by atoms with Crippen molar-refractivity contribution in [3.8, 4) is 0 Å². The maximum atomic E-state index is 12.5. The molecule has 2 unspecified atom stereocenters. The van der Waals surface area contributed by atoms with Crippen LogP contribution in [0, 0.1) is 0 Å². The van der Waals surface area contributed by atoms with Crippen molar-refractivity contribution >= 4 is 29.3 Å². The molecule has 0 aromatic heterocycles. The molecule has 1 aromatic carbocycles. The minimum atomic E-state index is -0.176. The third-order valence-corrected chi connectivity index (χ3v) is 5.30. The Hall–Kier alpha value is -1.49. The van der Waals surface area contributed by atoms with Crippen molar-refractivity contribution in [1.82, 2.24) is 4.90 Å². The van der Waals surface area contributed by atoms with Crippen LogP contribution in [0.4, 0.5) is 5.69 Å². The molecule has 0 radical (unpaired) electrons. The van der Waals surface area contributed by atoms with Crippen LogP contribution in [0.15, 0.2) is 18.2 Å². The highest BCUT2D eigenvalue weighted by atomic mass is 32.2. The Balaban J connectivity index is 1.84. The number of hydrogen-bond acceptors (Lipinski definition) is 4. The van der Waals surface area contributed by atoms with E-state index in [-0.39, 0.29) is 17.9 Å². The Labute approximate surface area is 122 Å². The standard InChI is InChI=1S/C15H18N2O2S/c1-2-20-11-5-4-10(8-11)17-14(18)12-6-3-9(16)7-13(12)15(17)19/h3,6-7,10-11H,2,4-5,8,16H2,1H3. The Bertz CT molecular complexity index is 573. The fourth-order valence-corrected chi connectivity index (χ4v) is 4.28. The van der Waals surface area contributed by atoms with Gasteiger partial charge in [-0.3, -0.25) is 14.5 Å². The SMILES string of the molecule is CCSC1CCC(N2C(=O)c3ccc(N)cc3C2=O)C1. The van der Waals surface area contributed by atoms with E-state index in [0.717, 1.165) is 25.0 Å². The van der Waals surface area contributed by atoms with Crippen molar-refractivity contribution in [3.63, 3.8) is 0 Å². The van der Waals surface area contributed by atoms with Gasteiger partial charge in [-0.25, -0.2) is 0 Å². The van der Waals surface area contributed by atoms with E-state index in [9.17, 15) is 9.59 Å². The van der Waals surface area contributed by atoms with Crippen LogP contribution in [0.1, 0.15) is 46.9 Å². The Kier molecular flexibility index (Phi) is 3.46. The second-order valence-electron chi connectivity index (χ2n) is 5.33. The number of carbonyl (C=O) groups excluding carboxylic acids is 2. The minimum absolute atomic E-state index is 0.0488. The van der Waals surface area contributed by atoms with Crippen LogP contribution >= 0.6 is 11.8 Å². The summed E-state index contributed by atoms with van der Waals surface area (Å²) in [6.45, 7) is 2.14. The van der Waals surface area contributed by atoms with Crippen LogP contribution < -0.4 is 5.73 Å². The average Bonchev–Trinajstić information content (AvgIpc) is 2.95. The molecule has 0 spiro atoms. The topological polar surface area (TPSA) is 63.4 Å². The number of fused-ring (bicyclic) bond motifs is 1. The number of hydrogen-bond donors (Lipinski definition) is 1. The maximum absolute atomic E-state index is 12.5. The van der Waals surface area contributed by atoms with Crippen LogP contribution in [-0.4, -0.2) is 33.8 Å². The first-order valence-electron chi connectivity index (χ1n) is 7.00. The van der Waals surface area contributed by atoms with Gasteiger partial charge in [0.2, 0.25) is 0 Å². The van der Waals surface area contributed by atoms with Gasteiger partial charge < -0.3 is 5.73 Å². The molecule has 106 valence electrons. The number of rotatable bonds is 3. The van der Waals surface area contributed by atoms with E-state index < -0.39 is 0 Å². The molecular formula is C15H18N2O2S. The van der Waals surface area contributed by atoms with Gasteiger partial charge in [-0.15, -0.1) is 0 Å². The minimum Gasteiger partial charge on any atom is -0.399 e. The van der Waals surface area contributed by atoms with Gasteiger partial charge in [0.25, 0.3) is 11.8 Å². The van der Waals surface area contributed by atoms with Crippen molar-refractivity contribution in [1.29, 1.82) is 0 Å². The number of nitrogens with zero attached hydrogens (tertiary/aromatic N) is 1. The number of carbonyl (C=O) groups is 2. The van der Waals surface area contributed by atoms with Crippen LogP contribution in [0.5, 0.6) is 0 Å². The van der Waals surface area contributed by atoms with E-state index in [1.807, 2.05) is 11.8 Å². The molecule has 2 N–H and O–H groups in total. The van der Waals surface area contributed by atoms with Gasteiger partial charge in [-0.2, -0.15) is 11.8 Å². The molecule has 2 atom stereocenters. The lowest BCUT2D eigenvalue weighted by Gasteiger charge is -2.21. The molecule has 3 rings (SSSR count). The van der Waals surface area contributed by atoms with Crippen molar-refractivity contribution < 1.29 is 9.59 Å². The molecule has 1 saturated carbocycles. The van der Waals surface area contributed by atoms with E-state index in [1.165, 1.54) is 4.90 Å². The normalized spacial score (nSPS) is 25.4. The Morgan fingerprint density at radius 3 is 2.75 bits per heavy atom. The van der Waals surface area contributed by atoms with Crippen molar-refractivity contribution in [2.75, 3.05) is 11.5 Å². The summed E-state index contributed by atoms with van der Waals surface area (Å²) in [4.78, 5) is 26.3. The third kappa shape index (κ3) is 2.10. The summed E-state index contributed by atoms with van der Waals surface area (Å²) in [7, 11) is 0. The number of anilines is 1. The van der Waals surface area contributed by atoms with Gasteiger partial charge in [0.15, 0.2) is 0 Å². The zero-order valence-corrected chi connectivity index (χ0v) is 12.3. The fourth-order valence-electron chi connectivity index (χ4n) is 3.15. The summed E-state index contributed by atoms with van der Waals surface area (Å²) in [5.74, 6) is 0.748. The Morgan fingerprint density at radius 2 is 2.00 bits per heavy atom. The van der Waals surface area contributed by atoms with Crippen molar-refractivity contribution in [3.05, 3.63) is 29.3 Å². The van der Waals surface area contributed by atoms with Crippen LogP contribution in [-0.2, 0) is 0 Å². The number of benzene rings is 1. The number of nitrogens with two attached hydrogens (primary N) is 1. The molecule has 2 amide bonds. The predicted molar refractivity (Wildman–Crippen MR) is 80.9 cm³/mol. The molecule has 2 aliphatic rings. The van der Waals surface area contributed by atoms with Gasteiger partial charge in [-0.05, 0) is 43.2 Å². The molecule has 0 bridgehead atoms. The summed E-state index contributed by atoms with van der Waals surface area (Å²) in [6, 6.07) is 5.01. The van der Waals surface area contributed by atoms with Crippen molar-refractivity contribution in [2.45, 2.75) is 37.5 Å². The first-order chi connectivity index (χ1) is 9.61. The lowest BCUT2D eigenvalue weighted by atomic mass is 10.1. The lowest BCUT2D eigenvalue weighted by Crippen LogP contribution is -2.38. The zero-order chi connectivity index (χ0) is 14.3. The van der Waals surface area contributed by atoms with E-state index in [1.54, 1.807) is 18.2 Å². The summed E-state index contributed by atoms with van der Waals surface area (Å²) < 4.78 is 0. The number of amides is 2. The van der Waals surface area contributed by atoms with Gasteiger partial charge in [0, 0.05) is 17.0 Å². The number of thioether (sulfide) groups is 1. The van der Waals surface area contributed by atoms with E-state index in [0.29, 0.717) is 22.1 Å². The van der Waals surface area contributed by atoms with Gasteiger partial charge in [-0.1, -0.05) is 6.92 Å². The quantitative estimate of drug-likeness (QED) is 0.686. The molecule has 1 aromatic rings. The van der Waals surface area contributed by atoms with E-state index in [4.69, 9.17) is 5.73 Å². The second-order valence-corrected chi connectivity index (χ2v) is 6.91. The van der Waals surface area contributed by atoms with Gasteiger partial charge in [0.05, 0.1) is 11.1 Å². The number of nitrogen functional groups attached to an aromatic ring is 1. The first-order valence-corrected chi connectivity index (χ1v) is 8.05. The van der Waals surface area contributed by atoms with Crippen LogP contribution in [0.25, 0.3) is 0 Å². The predicted octanol–water partition coefficient (Wildman–Crippen LogP) is 2.54. The molecule has 1 heterocycles. The Morgan fingerprint density at radius 1 is 1.25 bits per heavy atom. The zero-order valence-electron chi connectivity index (χ0n) is 11.5. The summed E-state index contributed by atoms with van der Waals surface area (Å²) in [5, 5.41) is 0.569. The second kappa shape index (κ2) is 5.13. The largest absolute Gasteiger partial charge is 0.399 e. The third-order valence-electron chi connectivity index (χ3n) is 4.07. The van der Waals surface area contributed by atoms with E-state index in [2.05, 4.69) is 6.92 Å². The van der Waals surface area contributed by atoms with Crippen molar-refractivity contribution in [2.24, 2.45) is 0 Å². The fraction of sp³-hybridized carbons (Fsp3) is 0.467. The van der Waals surface area contributed by atoms with Gasteiger partial charge in [0.1, 0.15) is 0 Å². The molecule has 4 nitrogen and oxygen atoms in total. The molecule has 1 fully saturated rings. The molecule has 1 aliphatic heterocycles. The van der Waals surface area contributed by atoms with Crippen LogP contribution in [0.2, 0.25) is 0 Å². The average molecular weight is 290 g/mol. The van der Waals surface area contributed by atoms with Gasteiger partial charge >= 0.3 is 0 Å². The smallest absolute Gasteiger partial charge is 0.261 e. The maximum Gasteiger partial charge on any atom is 0.261 e. The first kappa shape index (κ1) is 13.5. The summed E-state index contributed by atoms with van der Waals surface area (Å²) in [6.07, 6.45) is 2.91. The summed E-state index contributed by atoms with van der Waals surface area (Å²) in [5.41, 5.74) is 7.20. The van der Waals surface area contributed by atoms with E-state index >= 15 is 0 Å². The summed E-state index contributed by atoms with van der Waals surface area (Å²) >= 11 is 1.92. The number of imide groups is 1. The highest BCUT2D eigenvalue weighted by Gasteiger charge is 2.42. The molecule has 0 saturated heterocycles. The highest BCUT2D eigenvalue weighted by Crippen LogP contribution is 2.36.